The highest BCUT2D eigenvalue weighted by atomic mass is 19.1. The van der Waals surface area contributed by atoms with Gasteiger partial charge in [-0.25, -0.2) is 4.39 Å². The molecule has 16 heavy (non-hydrogen) atoms. The Morgan fingerprint density at radius 3 is 2.75 bits per heavy atom. The van der Waals surface area contributed by atoms with Gasteiger partial charge in [-0.3, -0.25) is 4.79 Å². The van der Waals surface area contributed by atoms with E-state index in [9.17, 15) is 9.18 Å². The van der Waals surface area contributed by atoms with Gasteiger partial charge >= 0.3 is 5.97 Å². The second-order valence-corrected chi connectivity index (χ2v) is 4.15. The lowest BCUT2D eigenvalue weighted by atomic mass is 9.93. The largest absolute Gasteiger partial charge is 0.480 e. The average molecular weight is 223 g/mol. The summed E-state index contributed by atoms with van der Waals surface area (Å²) in [4.78, 5) is 10.9. The molecule has 2 N–H and O–H groups in total. The standard InChI is InChI=1S/C12H14FNO2/c13-10-3-1-8(2-4-10)7-9-5-6-14-11(9)12(15)16/h1-4,9,11,14H,5-7H2,(H,15,16)/t9-,11+/m0/s1. The fourth-order valence-electron chi connectivity index (χ4n) is 2.19. The molecule has 1 aromatic rings. The molecule has 1 aliphatic heterocycles. The van der Waals surface area contributed by atoms with Crippen LogP contribution in [-0.2, 0) is 11.2 Å². The number of carboxylic acid groups (broad SMARTS) is 1. The number of halogens is 1. The lowest BCUT2D eigenvalue weighted by Gasteiger charge is -2.15. The highest BCUT2D eigenvalue weighted by Crippen LogP contribution is 2.21. The third kappa shape index (κ3) is 2.39. The monoisotopic (exact) mass is 223 g/mol. The molecular weight excluding hydrogens is 209 g/mol. The van der Waals surface area contributed by atoms with Crippen molar-refractivity contribution in [2.45, 2.75) is 18.9 Å². The first-order valence-corrected chi connectivity index (χ1v) is 5.37. The van der Waals surface area contributed by atoms with Crippen LogP contribution in [0.25, 0.3) is 0 Å². The van der Waals surface area contributed by atoms with Gasteiger partial charge in [-0.05, 0) is 43.0 Å². The van der Waals surface area contributed by atoms with Crippen LogP contribution < -0.4 is 5.32 Å². The smallest absolute Gasteiger partial charge is 0.320 e. The number of aliphatic carboxylic acids is 1. The van der Waals surface area contributed by atoms with Gasteiger partial charge in [0.05, 0.1) is 0 Å². The van der Waals surface area contributed by atoms with Gasteiger partial charge in [0.1, 0.15) is 11.9 Å². The summed E-state index contributed by atoms with van der Waals surface area (Å²) < 4.78 is 12.7. The molecule has 2 rings (SSSR count). The molecule has 1 saturated heterocycles. The molecule has 4 heteroatoms. The van der Waals surface area contributed by atoms with Gasteiger partial charge < -0.3 is 10.4 Å². The third-order valence-corrected chi connectivity index (χ3v) is 3.03. The lowest BCUT2D eigenvalue weighted by Crippen LogP contribution is -2.36. The minimum atomic E-state index is -0.801. The number of carbonyl (C=O) groups is 1. The first-order valence-electron chi connectivity index (χ1n) is 5.37. The molecule has 0 radical (unpaired) electrons. The van der Waals surface area contributed by atoms with E-state index in [0.29, 0.717) is 6.42 Å². The van der Waals surface area contributed by atoms with E-state index in [-0.39, 0.29) is 11.7 Å². The molecule has 3 nitrogen and oxygen atoms in total. The Kier molecular flexibility index (Phi) is 3.19. The summed E-state index contributed by atoms with van der Waals surface area (Å²) in [5.74, 6) is -0.962. The van der Waals surface area contributed by atoms with Gasteiger partial charge in [-0.2, -0.15) is 0 Å². The van der Waals surface area contributed by atoms with Crippen molar-refractivity contribution in [1.82, 2.24) is 5.32 Å². The summed E-state index contributed by atoms with van der Waals surface area (Å²) in [6.45, 7) is 0.739. The third-order valence-electron chi connectivity index (χ3n) is 3.03. The van der Waals surface area contributed by atoms with Crippen molar-refractivity contribution in [3.05, 3.63) is 35.6 Å². The van der Waals surface area contributed by atoms with Crippen LogP contribution in [0.15, 0.2) is 24.3 Å². The maximum absolute atomic E-state index is 12.7. The first-order chi connectivity index (χ1) is 7.66. The molecule has 0 spiro atoms. The zero-order valence-corrected chi connectivity index (χ0v) is 8.82. The van der Waals surface area contributed by atoms with Gasteiger partial charge in [-0.1, -0.05) is 12.1 Å². The lowest BCUT2D eigenvalue weighted by molar-refractivity contribution is -0.140. The summed E-state index contributed by atoms with van der Waals surface area (Å²) in [5, 5.41) is 11.9. The van der Waals surface area contributed by atoms with Crippen molar-refractivity contribution in [3.63, 3.8) is 0 Å². The highest BCUT2D eigenvalue weighted by Gasteiger charge is 2.32. The summed E-state index contributed by atoms with van der Waals surface area (Å²) in [5.41, 5.74) is 0.987. The predicted molar refractivity (Wildman–Crippen MR) is 57.6 cm³/mol. The van der Waals surface area contributed by atoms with Crippen molar-refractivity contribution < 1.29 is 14.3 Å². The Morgan fingerprint density at radius 2 is 2.12 bits per heavy atom. The van der Waals surface area contributed by atoms with E-state index in [2.05, 4.69) is 5.32 Å². The fourth-order valence-corrected chi connectivity index (χ4v) is 2.19. The molecule has 0 aliphatic carbocycles. The molecule has 1 aliphatic rings. The Hall–Kier alpha value is -1.42. The zero-order chi connectivity index (χ0) is 11.5. The van der Waals surface area contributed by atoms with E-state index >= 15 is 0 Å². The number of nitrogens with one attached hydrogen (secondary N) is 1. The minimum Gasteiger partial charge on any atom is -0.480 e. The summed E-state index contributed by atoms with van der Waals surface area (Å²) in [6.07, 6.45) is 1.54. The Bertz CT molecular complexity index is 377. The summed E-state index contributed by atoms with van der Waals surface area (Å²) in [6, 6.07) is 5.78. The van der Waals surface area contributed by atoms with Gasteiger partial charge in [0.2, 0.25) is 0 Å². The molecule has 1 fully saturated rings. The Balaban J connectivity index is 2.03. The maximum atomic E-state index is 12.7. The second kappa shape index (κ2) is 4.61. The topological polar surface area (TPSA) is 49.3 Å². The van der Waals surface area contributed by atoms with Crippen molar-refractivity contribution in [2.24, 2.45) is 5.92 Å². The normalized spacial score (nSPS) is 24.6. The van der Waals surface area contributed by atoms with Gasteiger partial charge in [0.25, 0.3) is 0 Å². The van der Waals surface area contributed by atoms with Crippen molar-refractivity contribution in [1.29, 1.82) is 0 Å². The average Bonchev–Trinajstić information content (AvgIpc) is 2.69. The first kappa shape index (κ1) is 11.1. The highest BCUT2D eigenvalue weighted by molar-refractivity contribution is 5.74. The van der Waals surface area contributed by atoms with Crippen molar-refractivity contribution in [2.75, 3.05) is 6.54 Å². The van der Waals surface area contributed by atoms with Gasteiger partial charge in [-0.15, -0.1) is 0 Å². The van der Waals surface area contributed by atoms with Crippen molar-refractivity contribution >= 4 is 5.97 Å². The van der Waals surface area contributed by atoms with Crippen LogP contribution in [0.1, 0.15) is 12.0 Å². The van der Waals surface area contributed by atoms with Crippen LogP contribution in [0.5, 0.6) is 0 Å². The SMILES string of the molecule is O=C(O)[C@@H]1NCC[C@H]1Cc1ccc(F)cc1. The van der Waals surface area contributed by atoms with Gasteiger partial charge in [0.15, 0.2) is 0 Å². The van der Waals surface area contributed by atoms with Gasteiger partial charge in [0, 0.05) is 0 Å². The zero-order valence-electron chi connectivity index (χ0n) is 8.82. The van der Waals surface area contributed by atoms with E-state index < -0.39 is 12.0 Å². The Labute approximate surface area is 93.3 Å². The summed E-state index contributed by atoms with van der Waals surface area (Å²) >= 11 is 0. The molecular formula is C12H14FNO2. The molecule has 1 aromatic carbocycles. The van der Waals surface area contributed by atoms with Crippen LogP contribution in [-0.4, -0.2) is 23.7 Å². The Morgan fingerprint density at radius 1 is 1.44 bits per heavy atom. The molecule has 2 atom stereocenters. The minimum absolute atomic E-state index is 0.1000. The maximum Gasteiger partial charge on any atom is 0.320 e. The fraction of sp³-hybridized carbons (Fsp3) is 0.417. The molecule has 1 heterocycles. The molecule has 86 valence electrons. The van der Waals surface area contributed by atoms with E-state index in [0.717, 1.165) is 18.5 Å². The van der Waals surface area contributed by atoms with Crippen LogP contribution in [0.3, 0.4) is 0 Å². The van der Waals surface area contributed by atoms with E-state index in [4.69, 9.17) is 5.11 Å². The van der Waals surface area contributed by atoms with E-state index in [1.165, 1.54) is 12.1 Å². The van der Waals surface area contributed by atoms with E-state index in [1.807, 2.05) is 0 Å². The van der Waals surface area contributed by atoms with Crippen LogP contribution in [0.2, 0.25) is 0 Å². The number of benzene rings is 1. The van der Waals surface area contributed by atoms with E-state index in [1.54, 1.807) is 12.1 Å². The van der Waals surface area contributed by atoms with Crippen LogP contribution in [0, 0.1) is 11.7 Å². The number of hydrogen-bond donors (Lipinski definition) is 2. The predicted octanol–water partition coefficient (Wildman–Crippen LogP) is 1.43. The van der Waals surface area contributed by atoms with Crippen LogP contribution >= 0.6 is 0 Å². The quantitative estimate of drug-likeness (QED) is 0.815. The molecule has 0 bridgehead atoms. The molecule has 0 amide bonds. The number of carboxylic acids is 1. The van der Waals surface area contributed by atoms with Crippen LogP contribution in [0.4, 0.5) is 4.39 Å². The molecule has 0 saturated carbocycles. The van der Waals surface area contributed by atoms with Crippen molar-refractivity contribution in [3.8, 4) is 0 Å². The number of hydrogen-bond acceptors (Lipinski definition) is 2. The summed E-state index contributed by atoms with van der Waals surface area (Å²) in [7, 11) is 0. The molecule has 0 aromatic heterocycles. The number of rotatable bonds is 3. The second-order valence-electron chi connectivity index (χ2n) is 4.15. The molecule has 0 unspecified atom stereocenters.